The number of ether oxygens (including phenoxy) is 2. The van der Waals surface area contributed by atoms with Crippen LogP contribution < -0.4 is 15.0 Å². The van der Waals surface area contributed by atoms with E-state index in [2.05, 4.69) is 21.0 Å². The third kappa shape index (κ3) is 3.95. The van der Waals surface area contributed by atoms with Crippen molar-refractivity contribution < 1.29 is 13.9 Å². The third-order valence-electron chi connectivity index (χ3n) is 5.24. The molecule has 0 atom stereocenters. The maximum absolute atomic E-state index is 13.4. The van der Waals surface area contributed by atoms with Crippen molar-refractivity contribution in [1.29, 1.82) is 0 Å². The normalized spacial score (nSPS) is 11.5. The second-order valence-electron chi connectivity index (χ2n) is 7.34. The molecule has 5 rings (SSSR count). The van der Waals surface area contributed by atoms with Gasteiger partial charge in [0, 0.05) is 26.5 Å². The summed E-state index contributed by atoms with van der Waals surface area (Å²) in [5, 5.41) is 6.20. The number of para-hydroxylation sites is 1. The van der Waals surface area contributed by atoms with Crippen LogP contribution >= 0.6 is 27.5 Å². The van der Waals surface area contributed by atoms with Crippen molar-refractivity contribution in [2.75, 3.05) is 14.2 Å². The van der Waals surface area contributed by atoms with Gasteiger partial charge in [-0.1, -0.05) is 39.7 Å². The number of rotatable bonds is 5. The summed E-state index contributed by atoms with van der Waals surface area (Å²) >= 11 is 9.71. The van der Waals surface area contributed by atoms with E-state index in [-0.39, 0.29) is 11.4 Å². The minimum atomic E-state index is -0.341. The lowest BCUT2D eigenvalue weighted by atomic mass is 10.2. The number of hydrogen-bond donors (Lipinski definition) is 0. The van der Waals surface area contributed by atoms with Gasteiger partial charge < -0.3 is 13.9 Å². The van der Waals surface area contributed by atoms with E-state index in [1.165, 1.54) is 25.1 Å². The Kier molecular flexibility index (Phi) is 5.85. The first-order valence-corrected chi connectivity index (χ1v) is 11.3. The van der Waals surface area contributed by atoms with Crippen LogP contribution in [0.15, 0.2) is 79.4 Å². The molecule has 9 heteroatoms. The molecule has 0 aliphatic rings. The summed E-state index contributed by atoms with van der Waals surface area (Å²) in [4.78, 5) is 18.1. The van der Waals surface area contributed by atoms with E-state index in [1.807, 2.05) is 30.3 Å². The summed E-state index contributed by atoms with van der Waals surface area (Å²) < 4.78 is 19.0. The van der Waals surface area contributed by atoms with Crippen molar-refractivity contribution in [2.24, 2.45) is 5.10 Å². The van der Waals surface area contributed by atoms with Gasteiger partial charge in [-0.3, -0.25) is 4.79 Å². The van der Waals surface area contributed by atoms with Crippen LogP contribution in [0.25, 0.3) is 33.5 Å². The fourth-order valence-electron chi connectivity index (χ4n) is 3.69. The maximum atomic E-state index is 13.4. The Bertz CT molecular complexity index is 1640. The Balaban J connectivity index is 1.74. The lowest BCUT2D eigenvalue weighted by Crippen LogP contribution is -2.20. The molecule has 0 N–H and O–H groups in total. The summed E-state index contributed by atoms with van der Waals surface area (Å²) in [5.74, 6) is 1.56. The monoisotopic (exact) mass is 537 g/mol. The molecular formula is C25H17BrClN3O4. The van der Waals surface area contributed by atoms with Crippen LogP contribution in [-0.4, -0.2) is 30.1 Å². The molecule has 2 aromatic heterocycles. The van der Waals surface area contributed by atoms with Gasteiger partial charge >= 0.3 is 0 Å². The van der Waals surface area contributed by atoms with Gasteiger partial charge in [-0.25, -0.2) is 4.98 Å². The van der Waals surface area contributed by atoms with Gasteiger partial charge in [0.05, 0.1) is 31.3 Å². The molecule has 0 bridgehead atoms. The number of aromatic nitrogens is 2. The van der Waals surface area contributed by atoms with Gasteiger partial charge in [-0.2, -0.15) is 9.78 Å². The van der Waals surface area contributed by atoms with Crippen LogP contribution in [0.3, 0.4) is 0 Å². The van der Waals surface area contributed by atoms with Crippen LogP contribution in [0.1, 0.15) is 5.56 Å². The number of halogens is 2. The van der Waals surface area contributed by atoms with Crippen LogP contribution in [0, 0.1) is 0 Å². The quantitative estimate of drug-likeness (QED) is 0.252. The highest BCUT2D eigenvalue weighted by atomic mass is 79.9. The highest BCUT2D eigenvalue weighted by Crippen LogP contribution is 2.34. The molecule has 3 aromatic carbocycles. The van der Waals surface area contributed by atoms with E-state index >= 15 is 0 Å². The number of fused-ring (bicyclic) bond motifs is 2. The van der Waals surface area contributed by atoms with Gasteiger partial charge in [0.15, 0.2) is 17.3 Å². The highest BCUT2D eigenvalue weighted by molar-refractivity contribution is 9.10. The van der Waals surface area contributed by atoms with Crippen LogP contribution in [0.4, 0.5) is 0 Å². The van der Waals surface area contributed by atoms with Gasteiger partial charge in [-0.05, 0) is 42.5 Å². The van der Waals surface area contributed by atoms with Gasteiger partial charge in [-0.15, -0.1) is 0 Å². The lowest BCUT2D eigenvalue weighted by Gasteiger charge is -2.11. The van der Waals surface area contributed by atoms with Crippen molar-refractivity contribution in [3.8, 4) is 23.1 Å². The van der Waals surface area contributed by atoms with Crippen molar-refractivity contribution in [1.82, 2.24) is 9.66 Å². The Morgan fingerprint density at radius 1 is 1.09 bits per heavy atom. The molecule has 0 aliphatic heterocycles. The van der Waals surface area contributed by atoms with Crippen molar-refractivity contribution in [3.63, 3.8) is 0 Å². The van der Waals surface area contributed by atoms with Crippen LogP contribution in [-0.2, 0) is 0 Å². The Morgan fingerprint density at radius 2 is 1.91 bits per heavy atom. The van der Waals surface area contributed by atoms with Gasteiger partial charge in [0.1, 0.15) is 5.58 Å². The van der Waals surface area contributed by atoms with Gasteiger partial charge in [0.25, 0.3) is 5.56 Å². The minimum Gasteiger partial charge on any atom is -0.493 e. The zero-order chi connectivity index (χ0) is 23.8. The molecule has 5 aromatic rings. The zero-order valence-corrected chi connectivity index (χ0v) is 20.4. The molecule has 2 heterocycles. The van der Waals surface area contributed by atoms with Crippen molar-refractivity contribution in [2.45, 2.75) is 0 Å². The average molecular weight is 539 g/mol. The number of nitrogens with zero attached hydrogens (tertiary/aromatic N) is 3. The first-order chi connectivity index (χ1) is 16.5. The standard InChI is InChI=1S/C25H17BrClN3O4/c1-32-21-12-17(27)10-15(23(21)33-2)13-28-30-24(29-19-6-4-3-5-18(19)25(30)31)22-11-14-9-16(26)7-8-20(14)34-22/h3-13H,1-2H3. The Morgan fingerprint density at radius 3 is 2.71 bits per heavy atom. The van der Waals surface area contributed by atoms with Gasteiger partial charge in [0.2, 0.25) is 5.82 Å². The third-order valence-corrected chi connectivity index (χ3v) is 5.95. The first kappa shape index (κ1) is 22.2. The molecule has 7 nitrogen and oxygen atoms in total. The molecular weight excluding hydrogens is 522 g/mol. The molecule has 0 spiro atoms. The second-order valence-corrected chi connectivity index (χ2v) is 8.69. The van der Waals surface area contributed by atoms with E-state index in [0.717, 1.165) is 9.86 Å². The largest absolute Gasteiger partial charge is 0.493 e. The summed E-state index contributed by atoms with van der Waals surface area (Å²) in [6.07, 6.45) is 1.48. The number of hydrogen-bond acceptors (Lipinski definition) is 6. The summed E-state index contributed by atoms with van der Waals surface area (Å²) in [6, 6.07) is 17.9. The molecule has 0 saturated carbocycles. The van der Waals surface area contributed by atoms with Crippen LogP contribution in [0.2, 0.25) is 5.02 Å². The number of benzene rings is 3. The molecule has 0 saturated heterocycles. The Hall–Kier alpha value is -3.62. The highest BCUT2D eigenvalue weighted by Gasteiger charge is 2.17. The van der Waals surface area contributed by atoms with E-state index in [4.69, 9.17) is 30.5 Å². The summed E-state index contributed by atoms with van der Waals surface area (Å²) in [6.45, 7) is 0. The molecule has 0 radical (unpaired) electrons. The first-order valence-electron chi connectivity index (χ1n) is 10.2. The smallest absolute Gasteiger partial charge is 0.282 e. The molecule has 0 aliphatic carbocycles. The fourth-order valence-corrected chi connectivity index (χ4v) is 4.28. The number of methoxy groups -OCH3 is 2. The molecule has 0 unspecified atom stereocenters. The van der Waals surface area contributed by atoms with Crippen LogP contribution in [0.5, 0.6) is 11.5 Å². The van der Waals surface area contributed by atoms with Crippen molar-refractivity contribution >= 4 is 55.6 Å². The fraction of sp³-hybridized carbons (Fsp3) is 0.0800. The molecule has 0 amide bonds. The van der Waals surface area contributed by atoms with E-state index in [9.17, 15) is 4.79 Å². The Labute approximate surface area is 207 Å². The van der Waals surface area contributed by atoms with E-state index < -0.39 is 0 Å². The predicted molar refractivity (Wildman–Crippen MR) is 136 cm³/mol. The lowest BCUT2D eigenvalue weighted by molar-refractivity contribution is 0.354. The van der Waals surface area contributed by atoms with E-state index in [1.54, 1.807) is 30.3 Å². The molecule has 0 fully saturated rings. The maximum Gasteiger partial charge on any atom is 0.282 e. The summed E-state index contributed by atoms with van der Waals surface area (Å²) in [7, 11) is 3.04. The number of furan rings is 1. The SMILES string of the molecule is COc1cc(Cl)cc(C=Nn2c(-c3cc4cc(Br)ccc4o3)nc3ccccc3c2=O)c1OC. The van der Waals surface area contributed by atoms with Crippen molar-refractivity contribution in [3.05, 3.63) is 86.1 Å². The second kappa shape index (κ2) is 8.96. The van der Waals surface area contributed by atoms with E-state index in [0.29, 0.717) is 44.3 Å². The molecule has 170 valence electrons. The molecule has 34 heavy (non-hydrogen) atoms. The predicted octanol–water partition coefficient (Wildman–Crippen LogP) is 6.13. The zero-order valence-electron chi connectivity index (χ0n) is 18.1. The average Bonchev–Trinajstić information content (AvgIpc) is 3.26. The topological polar surface area (TPSA) is 78.9 Å². The summed E-state index contributed by atoms with van der Waals surface area (Å²) in [5.41, 5.74) is 1.40. The minimum absolute atomic E-state index is 0.264.